The van der Waals surface area contributed by atoms with Gasteiger partial charge < -0.3 is 5.32 Å². The second-order valence-electron chi connectivity index (χ2n) is 4.22. The van der Waals surface area contributed by atoms with Gasteiger partial charge in [-0.3, -0.25) is 0 Å². The van der Waals surface area contributed by atoms with Crippen molar-refractivity contribution in [2.24, 2.45) is 0 Å². The molecule has 1 saturated heterocycles. The van der Waals surface area contributed by atoms with Crippen molar-refractivity contribution in [3.8, 4) is 0 Å². The van der Waals surface area contributed by atoms with E-state index in [4.69, 9.17) is 0 Å². The molecule has 1 fully saturated rings. The van der Waals surface area contributed by atoms with Gasteiger partial charge in [0, 0.05) is 11.6 Å². The van der Waals surface area contributed by atoms with Gasteiger partial charge in [-0.05, 0) is 37.9 Å². The van der Waals surface area contributed by atoms with Gasteiger partial charge in [-0.2, -0.15) is 0 Å². The fourth-order valence-electron chi connectivity index (χ4n) is 2.26. The van der Waals surface area contributed by atoms with Gasteiger partial charge in [0.2, 0.25) is 0 Å². The zero-order valence-electron chi connectivity index (χ0n) is 9.87. The van der Waals surface area contributed by atoms with Crippen molar-refractivity contribution >= 4 is 5.57 Å². The Hall–Kier alpha value is -1.30. The van der Waals surface area contributed by atoms with Crippen LogP contribution in [0.25, 0.3) is 5.57 Å². The third kappa shape index (κ3) is 2.63. The predicted molar refractivity (Wildman–Crippen MR) is 69.2 cm³/mol. The van der Waals surface area contributed by atoms with E-state index in [1.807, 2.05) is 13.0 Å². The lowest BCUT2D eigenvalue weighted by Gasteiger charge is -2.25. The lowest BCUT2D eigenvalue weighted by molar-refractivity contribution is 0.463. The summed E-state index contributed by atoms with van der Waals surface area (Å²) in [7, 11) is 0. The van der Waals surface area contributed by atoms with E-state index in [2.05, 4.69) is 41.4 Å². The number of piperidine rings is 1. The molecule has 1 aliphatic rings. The van der Waals surface area contributed by atoms with E-state index in [-0.39, 0.29) is 0 Å². The lowest BCUT2D eigenvalue weighted by Crippen LogP contribution is -2.34. The summed E-state index contributed by atoms with van der Waals surface area (Å²) in [6.07, 6.45) is 5.86. The van der Waals surface area contributed by atoms with Crippen LogP contribution >= 0.6 is 0 Å². The summed E-state index contributed by atoms with van der Waals surface area (Å²) < 4.78 is 0. The summed E-state index contributed by atoms with van der Waals surface area (Å²) in [5.74, 6) is 0. The number of benzene rings is 1. The topological polar surface area (TPSA) is 12.0 Å². The zero-order valence-corrected chi connectivity index (χ0v) is 9.87. The predicted octanol–water partition coefficient (Wildman–Crippen LogP) is 3.39. The number of hydrogen-bond acceptors (Lipinski definition) is 1. The minimum absolute atomic E-state index is 0.479. The van der Waals surface area contributed by atoms with E-state index >= 15 is 0 Å². The van der Waals surface area contributed by atoms with Crippen molar-refractivity contribution in [1.82, 2.24) is 5.32 Å². The molecule has 0 radical (unpaired) electrons. The van der Waals surface area contributed by atoms with Crippen LogP contribution in [0.1, 0.15) is 31.7 Å². The Morgan fingerprint density at radius 2 is 2.12 bits per heavy atom. The Morgan fingerprint density at radius 3 is 2.75 bits per heavy atom. The first-order valence-electron chi connectivity index (χ1n) is 6.12. The summed E-state index contributed by atoms with van der Waals surface area (Å²) in [6.45, 7) is 3.16. The molecule has 16 heavy (non-hydrogen) atoms. The Balaban J connectivity index is 2.28. The number of hydrogen-bond donors (Lipinski definition) is 1. The van der Waals surface area contributed by atoms with Gasteiger partial charge in [-0.15, -0.1) is 5.73 Å². The van der Waals surface area contributed by atoms with E-state index in [1.54, 1.807) is 0 Å². The largest absolute Gasteiger partial charge is 0.309 e. The molecule has 1 aliphatic heterocycles. The summed E-state index contributed by atoms with van der Waals surface area (Å²) in [4.78, 5) is 0. The molecule has 0 bridgehead atoms. The van der Waals surface area contributed by atoms with E-state index in [9.17, 15) is 0 Å². The molecule has 84 valence electrons. The third-order valence-electron chi connectivity index (χ3n) is 3.04. The molecule has 1 heterocycles. The Bertz CT molecular complexity index is 379. The van der Waals surface area contributed by atoms with Crippen molar-refractivity contribution in [3.63, 3.8) is 0 Å². The van der Waals surface area contributed by atoms with Crippen LogP contribution in [-0.2, 0) is 0 Å². The molecule has 1 aromatic rings. The highest BCUT2D eigenvalue weighted by Crippen LogP contribution is 2.22. The molecule has 1 nitrogen and oxygen atoms in total. The fourth-order valence-corrected chi connectivity index (χ4v) is 2.26. The van der Waals surface area contributed by atoms with Crippen molar-refractivity contribution in [3.05, 3.63) is 47.7 Å². The average Bonchev–Trinajstić information content (AvgIpc) is 2.38. The normalized spacial score (nSPS) is 19.9. The molecule has 0 spiro atoms. The van der Waals surface area contributed by atoms with Gasteiger partial charge in [0.25, 0.3) is 0 Å². The van der Waals surface area contributed by atoms with Crippen molar-refractivity contribution < 1.29 is 0 Å². The van der Waals surface area contributed by atoms with Gasteiger partial charge >= 0.3 is 0 Å². The first-order valence-corrected chi connectivity index (χ1v) is 6.12. The SMILES string of the molecule is CC=C=C(c1ccccc1)C1CCCCN1. The molecule has 0 aliphatic carbocycles. The Labute approximate surface area is 97.9 Å². The second-order valence-corrected chi connectivity index (χ2v) is 4.22. The van der Waals surface area contributed by atoms with Crippen LogP contribution in [0.4, 0.5) is 0 Å². The molecule has 0 aromatic heterocycles. The Morgan fingerprint density at radius 1 is 1.31 bits per heavy atom. The molecule has 2 rings (SSSR count). The molecule has 1 heteroatoms. The van der Waals surface area contributed by atoms with Gasteiger partial charge in [-0.25, -0.2) is 0 Å². The van der Waals surface area contributed by atoms with Crippen LogP contribution in [0, 0.1) is 0 Å². The van der Waals surface area contributed by atoms with E-state index in [0.717, 1.165) is 6.54 Å². The average molecular weight is 213 g/mol. The quantitative estimate of drug-likeness (QED) is 0.743. The summed E-state index contributed by atoms with van der Waals surface area (Å²) >= 11 is 0. The highest BCUT2D eigenvalue weighted by molar-refractivity contribution is 5.69. The van der Waals surface area contributed by atoms with Gasteiger partial charge in [0.15, 0.2) is 0 Å². The molecule has 1 aromatic carbocycles. The molecule has 1 unspecified atom stereocenters. The Kier molecular flexibility index (Phi) is 3.98. The molecule has 0 saturated carbocycles. The summed E-state index contributed by atoms with van der Waals surface area (Å²) in [5.41, 5.74) is 6.00. The highest BCUT2D eigenvalue weighted by Gasteiger charge is 2.17. The van der Waals surface area contributed by atoms with Crippen LogP contribution < -0.4 is 5.32 Å². The van der Waals surface area contributed by atoms with E-state index in [1.165, 1.54) is 30.4 Å². The van der Waals surface area contributed by atoms with Crippen molar-refractivity contribution in [2.75, 3.05) is 6.54 Å². The van der Waals surface area contributed by atoms with Gasteiger partial charge in [0.05, 0.1) is 0 Å². The monoisotopic (exact) mass is 213 g/mol. The van der Waals surface area contributed by atoms with Crippen LogP contribution in [0.5, 0.6) is 0 Å². The smallest absolute Gasteiger partial charge is 0.0399 e. The first-order chi connectivity index (χ1) is 7.92. The molecular formula is C15H19N. The summed E-state index contributed by atoms with van der Waals surface area (Å²) in [5, 5.41) is 3.58. The second kappa shape index (κ2) is 5.69. The molecular weight excluding hydrogens is 194 g/mol. The molecule has 1 atom stereocenters. The van der Waals surface area contributed by atoms with Gasteiger partial charge in [-0.1, -0.05) is 36.8 Å². The number of nitrogens with one attached hydrogen (secondary N) is 1. The zero-order chi connectivity index (χ0) is 11.2. The maximum Gasteiger partial charge on any atom is 0.0399 e. The third-order valence-corrected chi connectivity index (χ3v) is 3.04. The van der Waals surface area contributed by atoms with E-state index in [0.29, 0.717) is 6.04 Å². The minimum atomic E-state index is 0.479. The maximum absolute atomic E-state index is 3.58. The molecule has 0 amide bonds. The van der Waals surface area contributed by atoms with Gasteiger partial charge in [0.1, 0.15) is 0 Å². The highest BCUT2D eigenvalue weighted by atomic mass is 14.9. The first kappa shape index (κ1) is 11.2. The lowest BCUT2D eigenvalue weighted by atomic mass is 9.93. The van der Waals surface area contributed by atoms with E-state index < -0.39 is 0 Å². The van der Waals surface area contributed by atoms with Crippen molar-refractivity contribution in [1.29, 1.82) is 0 Å². The van der Waals surface area contributed by atoms with Crippen LogP contribution in [-0.4, -0.2) is 12.6 Å². The standard InChI is InChI=1S/C15H19N/c1-2-8-14(13-9-4-3-5-10-13)15-11-6-7-12-16-15/h2-5,9-10,15-16H,6-7,11-12H2,1H3. The summed E-state index contributed by atoms with van der Waals surface area (Å²) in [6, 6.07) is 11.1. The maximum atomic E-state index is 3.58. The molecule has 1 N–H and O–H groups in total. The van der Waals surface area contributed by atoms with Crippen molar-refractivity contribution in [2.45, 2.75) is 32.2 Å². The van der Waals surface area contributed by atoms with Crippen LogP contribution in [0.2, 0.25) is 0 Å². The van der Waals surface area contributed by atoms with Crippen LogP contribution in [0.15, 0.2) is 42.1 Å². The minimum Gasteiger partial charge on any atom is -0.309 e. The fraction of sp³-hybridized carbons (Fsp3) is 0.400. The van der Waals surface area contributed by atoms with Crippen LogP contribution in [0.3, 0.4) is 0 Å². The number of rotatable bonds is 2.